The molecule has 1 heterocycles. The second kappa shape index (κ2) is 7.89. The number of hydroxylamine groups is 2. The fourth-order valence-corrected chi connectivity index (χ4v) is 2.30. The number of aromatic amines is 1. The molecule has 8 heteroatoms. The maximum atomic E-state index is 11.9. The Hall–Kier alpha value is -2.19. The van der Waals surface area contributed by atoms with Gasteiger partial charge in [-0.05, 0) is 43.4 Å². The van der Waals surface area contributed by atoms with Crippen molar-refractivity contribution in [2.24, 2.45) is 0 Å². The number of nitrogens with zero attached hydrogens (tertiary/aromatic N) is 3. The molecule has 1 aromatic heterocycles. The van der Waals surface area contributed by atoms with Gasteiger partial charge in [0.15, 0.2) is 10.6 Å². The number of carbonyl (C=O) groups is 1. The Balaban J connectivity index is 2.18. The molecule has 0 atom stereocenters. The Labute approximate surface area is 139 Å². The lowest BCUT2D eigenvalue weighted by atomic mass is 10.2. The summed E-state index contributed by atoms with van der Waals surface area (Å²) in [6.07, 6.45) is 0.266. The zero-order chi connectivity index (χ0) is 16.8. The SMILES string of the molecule is CCOc1ccc(-c2n[nH]c(=S)n2CCC(=O)N(C)OC)cc1. The number of amides is 1. The largest absolute Gasteiger partial charge is 0.494 e. The molecule has 0 fully saturated rings. The number of hydrogen-bond donors (Lipinski definition) is 1. The first-order valence-corrected chi connectivity index (χ1v) is 7.66. The van der Waals surface area contributed by atoms with Crippen LogP contribution in [0.15, 0.2) is 24.3 Å². The summed E-state index contributed by atoms with van der Waals surface area (Å²) in [5, 5.41) is 8.22. The van der Waals surface area contributed by atoms with E-state index in [0.29, 0.717) is 23.7 Å². The fourth-order valence-electron chi connectivity index (χ4n) is 2.08. The molecule has 0 unspecified atom stereocenters. The van der Waals surface area contributed by atoms with Crippen molar-refractivity contribution >= 4 is 18.1 Å². The lowest BCUT2D eigenvalue weighted by Crippen LogP contribution is -2.26. The van der Waals surface area contributed by atoms with Gasteiger partial charge in [-0.15, -0.1) is 0 Å². The van der Waals surface area contributed by atoms with Crippen LogP contribution >= 0.6 is 12.2 Å². The number of H-pyrrole nitrogens is 1. The molecule has 0 saturated carbocycles. The summed E-state index contributed by atoms with van der Waals surface area (Å²) in [5.74, 6) is 1.35. The van der Waals surface area contributed by atoms with Crippen LogP contribution in [0.3, 0.4) is 0 Å². The van der Waals surface area contributed by atoms with E-state index >= 15 is 0 Å². The van der Waals surface area contributed by atoms with E-state index in [9.17, 15) is 4.79 Å². The maximum absolute atomic E-state index is 11.9. The Bertz CT molecular complexity index is 708. The number of aromatic nitrogens is 3. The van der Waals surface area contributed by atoms with Crippen molar-refractivity contribution in [1.82, 2.24) is 19.8 Å². The minimum absolute atomic E-state index is 0.131. The van der Waals surface area contributed by atoms with Crippen LogP contribution in [0.1, 0.15) is 13.3 Å². The predicted molar refractivity (Wildman–Crippen MR) is 88.4 cm³/mol. The van der Waals surface area contributed by atoms with Gasteiger partial charge in [-0.1, -0.05) is 0 Å². The van der Waals surface area contributed by atoms with Gasteiger partial charge < -0.3 is 4.74 Å². The van der Waals surface area contributed by atoms with E-state index in [4.69, 9.17) is 21.8 Å². The van der Waals surface area contributed by atoms with Crippen LogP contribution < -0.4 is 4.74 Å². The van der Waals surface area contributed by atoms with Crippen LogP contribution in [-0.4, -0.2) is 46.5 Å². The molecular formula is C15H20N4O3S. The highest BCUT2D eigenvalue weighted by Gasteiger charge is 2.13. The number of carbonyl (C=O) groups excluding carboxylic acids is 1. The van der Waals surface area contributed by atoms with Crippen molar-refractivity contribution in [3.63, 3.8) is 0 Å². The number of hydrogen-bond acceptors (Lipinski definition) is 5. The predicted octanol–water partition coefficient (Wildman–Crippen LogP) is 2.42. The zero-order valence-electron chi connectivity index (χ0n) is 13.4. The van der Waals surface area contributed by atoms with Gasteiger partial charge in [0.1, 0.15) is 5.75 Å². The zero-order valence-corrected chi connectivity index (χ0v) is 14.2. The third-order valence-electron chi connectivity index (χ3n) is 3.36. The van der Waals surface area contributed by atoms with Gasteiger partial charge in [-0.25, -0.2) is 5.06 Å². The topological polar surface area (TPSA) is 72.4 Å². The van der Waals surface area contributed by atoms with Gasteiger partial charge >= 0.3 is 0 Å². The highest BCUT2D eigenvalue weighted by Crippen LogP contribution is 2.21. The lowest BCUT2D eigenvalue weighted by molar-refractivity contribution is -0.168. The number of ether oxygens (including phenoxy) is 1. The molecule has 0 aliphatic heterocycles. The molecule has 1 amide bonds. The fraction of sp³-hybridized carbons (Fsp3) is 0.400. The molecule has 124 valence electrons. The molecule has 1 N–H and O–H groups in total. The first-order valence-electron chi connectivity index (χ1n) is 7.26. The van der Waals surface area contributed by atoms with Gasteiger partial charge in [-0.3, -0.25) is 19.3 Å². The smallest absolute Gasteiger partial charge is 0.247 e. The van der Waals surface area contributed by atoms with Crippen molar-refractivity contribution in [3.05, 3.63) is 29.0 Å². The molecular weight excluding hydrogens is 316 g/mol. The highest BCUT2D eigenvalue weighted by atomic mass is 32.1. The van der Waals surface area contributed by atoms with E-state index in [2.05, 4.69) is 10.2 Å². The van der Waals surface area contributed by atoms with Crippen molar-refractivity contribution in [2.45, 2.75) is 19.9 Å². The summed E-state index contributed by atoms with van der Waals surface area (Å²) in [7, 11) is 3.02. The normalized spacial score (nSPS) is 10.6. The first kappa shape index (κ1) is 17.2. The van der Waals surface area contributed by atoms with Crippen LogP contribution in [0, 0.1) is 4.77 Å². The van der Waals surface area contributed by atoms with Crippen LogP contribution in [0.4, 0.5) is 0 Å². The van der Waals surface area contributed by atoms with Crippen LogP contribution in [0.2, 0.25) is 0 Å². The van der Waals surface area contributed by atoms with Gasteiger partial charge in [0, 0.05) is 25.6 Å². The molecule has 1 aromatic carbocycles. The van der Waals surface area contributed by atoms with Crippen LogP contribution in [0.5, 0.6) is 5.75 Å². The molecule has 0 aliphatic carbocycles. The lowest BCUT2D eigenvalue weighted by Gasteiger charge is -2.14. The summed E-state index contributed by atoms with van der Waals surface area (Å²) in [6, 6.07) is 7.58. The average molecular weight is 336 g/mol. The Morgan fingerprint density at radius 2 is 2.09 bits per heavy atom. The maximum Gasteiger partial charge on any atom is 0.247 e. The third-order valence-corrected chi connectivity index (χ3v) is 3.67. The summed E-state index contributed by atoms with van der Waals surface area (Å²) < 4.78 is 7.70. The molecule has 7 nitrogen and oxygen atoms in total. The molecule has 0 spiro atoms. The summed E-state index contributed by atoms with van der Waals surface area (Å²) in [5.41, 5.74) is 0.897. The molecule has 0 saturated heterocycles. The average Bonchev–Trinajstić information content (AvgIpc) is 2.93. The molecule has 23 heavy (non-hydrogen) atoms. The Morgan fingerprint density at radius 1 is 1.39 bits per heavy atom. The van der Waals surface area contributed by atoms with Gasteiger partial charge in [0.05, 0.1) is 13.7 Å². The second-order valence-electron chi connectivity index (χ2n) is 4.79. The van der Waals surface area contributed by atoms with E-state index in [1.54, 1.807) is 11.6 Å². The van der Waals surface area contributed by atoms with Crippen molar-refractivity contribution in [2.75, 3.05) is 20.8 Å². The Kier molecular flexibility index (Phi) is 5.89. The summed E-state index contributed by atoms with van der Waals surface area (Å²) in [4.78, 5) is 16.7. The molecule has 2 rings (SSSR count). The second-order valence-corrected chi connectivity index (χ2v) is 5.17. The van der Waals surface area contributed by atoms with Crippen molar-refractivity contribution in [3.8, 4) is 17.1 Å². The van der Waals surface area contributed by atoms with E-state index in [1.807, 2.05) is 31.2 Å². The van der Waals surface area contributed by atoms with E-state index in [1.165, 1.54) is 12.2 Å². The first-order chi connectivity index (χ1) is 11.1. The number of nitrogens with one attached hydrogen (secondary N) is 1. The van der Waals surface area contributed by atoms with Crippen LogP contribution in [0.25, 0.3) is 11.4 Å². The minimum Gasteiger partial charge on any atom is -0.494 e. The van der Waals surface area contributed by atoms with Gasteiger partial charge in [-0.2, -0.15) is 5.10 Å². The highest BCUT2D eigenvalue weighted by molar-refractivity contribution is 7.71. The monoisotopic (exact) mass is 336 g/mol. The molecule has 0 bridgehead atoms. The van der Waals surface area contributed by atoms with Gasteiger partial charge in [0.2, 0.25) is 5.91 Å². The number of benzene rings is 1. The van der Waals surface area contributed by atoms with E-state index in [-0.39, 0.29) is 12.3 Å². The summed E-state index contributed by atoms with van der Waals surface area (Å²) in [6.45, 7) is 2.98. The molecule has 0 aliphatic rings. The van der Waals surface area contributed by atoms with E-state index in [0.717, 1.165) is 11.3 Å². The van der Waals surface area contributed by atoms with Crippen molar-refractivity contribution < 1.29 is 14.4 Å². The molecule has 0 radical (unpaired) electrons. The minimum atomic E-state index is -0.131. The standard InChI is InChI=1S/C15H20N4O3S/c1-4-22-12-7-5-11(6-8-12)14-16-17-15(23)19(14)10-9-13(20)18(2)21-3/h5-8H,4,9-10H2,1-3H3,(H,17,23). The number of rotatable bonds is 7. The van der Waals surface area contributed by atoms with E-state index < -0.39 is 0 Å². The summed E-state index contributed by atoms with van der Waals surface area (Å²) >= 11 is 5.25. The van der Waals surface area contributed by atoms with Gasteiger partial charge in [0.25, 0.3) is 0 Å². The Morgan fingerprint density at radius 3 is 2.70 bits per heavy atom. The third kappa shape index (κ3) is 4.17. The van der Waals surface area contributed by atoms with Crippen LogP contribution in [-0.2, 0) is 16.2 Å². The quantitative estimate of drug-likeness (QED) is 0.621. The molecule has 2 aromatic rings. The van der Waals surface area contributed by atoms with Crippen molar-refractivity contribution in [1.29, 1.82) is 0 Å².